The second kappa shape index (κ2) is 7.90. The van der Waals surface area contributed by atoms with Crippen LogP contribution in [0.3, 0.4) is 0 Å². The molecule has 6 rings (SSSR count). The molecule has 33 heavy (non-hydrogen) atoms. The molecule has 2 aromatic heterocycles. The Kier molecular flexibility index (Phi) is 4.98. The number of fused-ring (bicyclic) bond motifs is 1. The Bertz CT molecular complexity index is 1190. The normalized spacial score (nSPS) is 22.8. The molecule has 1 aliphatic carbocycles. The van der Waals surface area contributed by atoms with Gasteiger partial charge in [0.25, 0.3) is 0 Å². The first-order chi connectivity index (χ1) is 16.0. The standard InChI is InChI=1S/C26H30FN5O/c1-17-4-2-3-5-20(17)18-6-11-31(12-7-18)24-21-14-23(32-13-8-19(33)16-32)28-15-22(21)29-25(30-24)26(27)9-10-26/h2-5,14-15,18-19,33H,6-13,16H2,1H3/t19-/m1/s1. The van der Waals surface area contributed by atoms with Crippen molar-refractivity contribution < 1.29 is 9.50 Å². The van der Waals surface area contributed by atoms with E-state index in [4.69, 9.17) is 4.98 Å². The molecule has 3 fully saturated rings. The van der Waals surface area contributed by atoms with Crippen molar-refractivity contribution in [3.63, 3.8) is 0 Å². The number of aromatic nitrogens is 3. The summed E-state index contributed by atoms with van der Waals surface area (Å²) in [6.45, 7) is 5.31. The average Bonchev–Trinajstić information content (AvgIpc) is 3.45. The second-order valence-electron chi connectivity index (χ2n) is 9.90. The zero-order chi connectivity index (χ0) is 22.6. The van der Waals surface area contributed by atoms with Crippen LogP contribution in [0.1, 0.15) is 55.0 Å². The maximum Gasteiger partial charge on any atom is 0.170 e. The summed E-state index contributed by atoms with van der Waals surface area (Å²) < 4.78 is 15.0. The largest absolute Gasteiger partial charge is 0.391 e. The van der Waals surface area contributed by atoms with E-state index in [9.17, 15) is 5.11 Å². The molecule has 1 saturated carbocycles. The van der Waals surface area contributed by atoms with Gasteiger partial charge in [-0.2, -0.15) is 0 Å². The number of hydrogen-bond donors (Lipinski definition) is 1. The Labute approximate surface area is 193 Å². The molecule has 172 valence electrons. The van der Waals surface area contributed by atoms with Crippen molar-refractivity contribution in [1.29, 1.82) is 0 Å². The van der Waals surface area contributed by atoms with E-state index in [1.54, 1.807) is 6.20 Å². The zero-order valence-electron chi connectivity index (χ0n) is 19.0. The predicted molar refractivity (Wildman–Crippen MR) is 128 cm³/mol. The molecule has 1 atom stereocenters. The van der Waals surface area contributed by atoms with Crippen molar-refractivity contribution >= 4 is 22.5 Å². The summed E-state index contributed by atoms with van der Waals surface area (Å²) in [7, 11) is 0. The Balaban J connectivity index is 1.34. The van der Waals surface area contributed by atoms with E-state index in [0.29, 0.717) is 36.6 Å². The van der Waals surface area contributed by atoms with Crippen molar-refractivity contribution in [2.24, 2.45) is 0 Å². The predicted octanol–water partition coefficient (Wildman–Crippen LogP) is 4.25. The molecule has 2 saturated heterocycles. The summed E-state index contributed by atoms with van der Waals surface area (Å²) >= 11 is 0. The van der Waals surface area contributed by atoms with Gasteiger partial charge in [0.15, 0.2) is 11.5 Å². The third-order valence-corrected chi connectivity index (χ3v) is 7.55. The summed E-state index contributed by atoms with van der Waals surface area (Å²) in [5.41, 5.74) is 2.09. The summed E-state index contributed by atoms with van der Waals surface area (Å²) in [6, 6.07) is 10.7. The van der Waals surface area contributed by atoms with E-state index in [-0.39, 0.29) is 6.10 Å². The van der Waals surface area contributed by atoms with Crippen LogP contribution in [0, 0.1) is 6.92 Å². The van der Waals surface area contributed by atoms with Crippen molar-refractivity contribution in [2.75, 3.05) is 36.0 Å². The van der Waals surface area contributed by atoms with Crippen molar-refractivity contribution in [3.05, 3.63) is 53.5 Å². The molecule has 4 heterocycles. The monoisotopic (exact) mass is 447 g/mol. The van der Waals surface area contributed by atoms with E-state index in [1.807, 2.05) is 6.07 Å². The third kappa shape index (κ3) is 3.82. The van der Waals surface area contributed by atoms with Crippen LogP contribution < -0.4 is 9.80 Å². The highest BCUT2D eigenvalue weighted by Crippen LogP contribution is 2.49. The average molecular weight is 448 g/mol. The highest BCUT2D eigenvalue weighted by molar-refractivity contribution is 5.91. The van der Waals surface area contributed by atoms with Gasteiger partial charge in [-0.25, -0.2) is 19.3 Å². The number of halogens is 1. The fourth-order valence-corrected chi connectivity index (χ4v) is 5.35. The maximum absolute atomic E-state index is 15.0. The van der Waals surface area contributed by atoms with Crippen LogP contribution in [-0.4, -0.2) is 52.3 Å². The summed E-state index contributed by atoms with van der Waals surface area (Å²) in [6.07, 6.45) is 5.25. The number of hydrogen-bond acceptors (Lipinski definition) is 6. The van der Waals surface area contributed by atoms with Crippen LogP contribution in [-0.2, 0) is 5.67 Å². The second-order valence-corrected chi connectivity index (χ2v) is 9.90. The lowest BCUT2D eigenvalue weighted by Crippen LogP contribution is -2.34. The number of β-amino-alcohol motifs (C(OH)–C–C–N with tert-alkyl or cyclic N) is 1. The molecule has 2 aliphatic heterocycles. The molecule has 0 bridgehead atoms. The van der Waals surface area contributed by atoms with Crippen LogP contribution in [0.15, 0.2) is 36.5 Å². The number of nitrogens with zero attached hydrogens (tertiary/aromatic N) is 5. The van der Waals surface area contributed by atoms with Gasteiger partial charge in [0, 0.05) is 31.6 Å². The fraction of sp³-hybridized carbons (Fsp3) is 0.500. The summed E-state index contributed by atoms with van der Waals surface area (Å²) in [4.78, 5) is 18.4. The first kappa shape index (κ1) is 20.8. The Hall–Kier alpha value is -2.80. The number of aryl methyl sites for hydroxylation is 1. The lowest BCUT2D eigenvalue weighted by atomic mass is 9.87. The number of alkyl halides is 1. The lowest BCUT2D eigenvalue weighted by Gasteiger charge is -2.34. The van der Waals surface area contributed by atoms with Crippen molar-refractivity contribution in [3.8, 4) is 0 Å². The topological polar surface area (TPSA) is 65.4 Å². The summed E-state index contributed by atoms with van der Waals surface area (Å²) in [5, 5.41) is 10.9. The van der Waals surface area contributed by atoms with E-state index in [0.717, 1.165) is 55.9 Å². The lowest BCUT2D eigenvalue weighted by molar-refractivity contribution is 0.198. The van der Waals surface area contributed by atoms with Gasteiger partial charge in [0.05, 0.1) is 17.8 Å². The minimum atomic E-state index is -1.39. The van der Waals surface area contributed by atoms with Crippen LogP contribution >= 0.6 is 0 Å². The molecule has 6 nitrogen and oxygen atoms in total. The maximum atomic E-state index is 15.0. The first-order valence-electron chi connectivity index (χ1n) is 12.1. The van der Waals surface area contributed by atoms with Crippen molar-refractivity contribution in [1.82, 2.24) is 15.0 Å². The molecule has 7 heteroatoms. The SMILES string of the molecule is Cc1ccccc1C1CCN(c2nc(C3(F)CC3)nc3cnc(N4CC[C@@H](O)C4)cc23)CC1. The molecule has 0 spiro atoms. The minimum absolute atomic E-state index is 0.303. The van der Waals surface area contributed by atoms with E-state index < -0.39 is 5.67 Å². The molecule has 0 radical (unpaired) electrons. The Morgan fingerprint density at radius 3 is 2.48 bits per heavy atom. The van der Waals surface area contributed by atoms with Crippen LogP contribution in [0.25, 0.3) is 10.9 Å². The number of aliphatic hydroxyl groups excluding tert-OH is 1. The van der Waals surface area contributed by atoms with Gasteiger partial charge in [0.2, 0.25) is 0 Å². The van der Waals surface area contributed by atoms with Crippen molar-refractivity contribution in [2.45, 2.75) is 56.7 Å². The van der Waals surface area contributed by atoms with Gasteiger partial charge in [-0.15, -0.1) is 0 Å². The fourth-order valence-electron chi connectivity index (χ4n) is 5.35. The van der Waals surface area contributed by atoms with E-state index in [1.165, 1.54) is 11.1 Å². The molecule has 0 amide bonds. The van der Waals surface area contributed by atoms with E-state index >= 15 is 4.39 Å². The first-order valence-corrected chi connectivity index (χ1v) is 12.1. The van der Waals surface area contributed by atoms with Crippen LogP contribution in [0.5, 0.6) is 0 Å². The number of benzene rings is 1. The highest BCUT2D eigenvalue weighted by atomic mass is 19.1. The molecule has 3 aromatic rings. The summed E-state index contributed by atoms with van der Waals surface area (Å²) in [5.74, 6) is 2.49. The number of rotatable bonds is 4. The molecular weight excluding hydrogens is 417 g/mol. The third-order valence-electron chi connectivity index (χ3n) is 7.55. The number of piperidine rings is 1. The molecule has 0 unspecified atom stereocenters. The Morgan fingerprint density at radius 1 is 1.03 bits per heavy atom. The van der Waals surface area contributed by atoms with Gasteiger partial charge in [0.1, 0.15) is 11.6 Å². The number of aliphatic hydroxyl groups is 1. The molecule has 3 aliphatic rings. The Morgan fingerprint density at radius 2 is 1.79 bits per heavy atom. The zero-order valence-corrected chi connectivity index (χ0v) is 19.0. The minimum Gasteiger partial charge on any atom is -0.391 e. The molecule has 1 N–H and O–H groups in total. The van der Waals surface area contributed by atoms with Gasteiger partial charge in [-0.05, 0) is 62.1 Å². The molecule has 1 aromatic carbocycles. The van der Waals surface area contributed by atoms with Gasteiger partial charge in [-0.1, -0.05) is 24.3 Å². The number of pyridine rings is 1. The van der Waals surface area contributed by atoms with Gasteiger partial charge < -0.3 is 14.9 Å². The van der Waals surface area contributed by atoms with Crippen LogP contribution in [0.2, 0.25) is 0 Å². The van der Waals surface area contributed by atoms with Crippen LogP contribution in [0.4, 0.5) is 16.0 Å². The quantitative estimate of drug-likeness (QED) is 0.645. The smallest absolute Gasteiger partial charge is 0.170 e. The van der Waals surface area contributed by atoms with Gasteiger partial charge >= 0.3 is 0 Å². The van der Waals surface area contributed by atoms with Gasteiger partial charge in [-0.3, -0.25) is 0 Å². The molecular formula is C26H30FN5O. The number of anilines is 2. The van der Waals surface area contributed by atoms with E-state index in [2.05, 4.69) is 51.0 Å². The highest BCUT2D eigenvalue weighted by Gasteiger charge is 2.48.